The fraction of sp³-hybridized carbons (Fsp3) is 0.385. The Morgan fingerprint density at radius 2 is 2.11 bits per heavy atom. The van der Waals surface area contributed by atoms with Crippen LogP contribution in [-0.2, 0) is 4.79 Å². The van der Waals surface area contributed by atoms with E-state index in [-0.39, 0.29) is 6.54 Å². The number of benzene rings is 1. The minimum atomic E-state index is -1.08. The zero-order valence-corrected chi connectivity index (χ0v) is 10.9. The van der Waals surface area contributed by atoms with Gasteiger partial charge in [0.15, 0.2) is 0 Å². The van der Waals surface area contributed by atoms with Crippen molar-refractivity contribution in [3.63, 3.8) is 0 Å². The van der Waals surface area contributed by atoms with Gasteiger partial charge in [-0.2, -0.15) is 0 Å². The molecule has 1 aromatic carbocycles. The molecule has 6 heteroatoms. The maximum absolute atomic E-state index is 13.3. The summed E-state index contributed by atoms with van der Waals surface area (Å²) in [5.74, 6) is -1.50. The number of aryl methyl sites for hydroxylation is 1. The molecule has 0 fully saturated rings. The van der Waals surface area contributed by atoms with Crippen LogP contribution in [0.15, 0.2) is 18.2 Å². The van der Waals surface area contributed by atoms with Crippen molar-refractivity contribution in [1.82, 2.24) is 4.90 Å². The van der Waals surface area contributed by atoms with Gasteiger partial charge in [0.1, 0.15) is 12.4 Å². The van der Waals surface area contributed by atoms with Gasteiger partial charge in [-0.15, -0.1) is 0 Å². The smallest absolute Gasteiger partial charge is 0.323 e. The van der Waals surface area contributed by atoms with E-state index in [1.165, 1.54) is 11.0 Å². The van der Waals surface area contributed by atoms with E-state index in [1.807, 2.05) is 6.92 Å². The number of urea groups is 1. The molecule has 1 rings (SSSR count). The second kappa shape index (κ2) is 6.72. The van der Waals surface area contributed by atoms with Crippen LogP contribution in [0.3, 0.4) is 0 Å². The van der Waals surface area contributed by atoms with Crippen molar-refractivity contribution < 1.29 is 19.1 Å². The van der Waals surface area contributed by atoms with Crippen LogP contribution in [0, 0.1) is 12.7 Å². The number of nitrogens with one attached hydrogen (secondary N) is 1. The Morgan fingerprint density at radius 3 is 2.63 bits per heavy atom. The van der Waals surface area contributed by atoms with Gasteiger partial charge in [-0.25, -0.2) is 9.18 Å². The summed E-state index contributed by atoms with van der Waals surface area (Å²) >= 11 is 0. The fourth-order valence-electron chi connectivity index (χ4n) is 1.56. The third-order valence-corrected chi connectivity index (χ3v) is 2.53. The first-order valence-corrected chi connectivity index (χ1v) is 5.98. The largest absolute Gasteiger partial charge is 0.480 e. The number of carbonyl (C=O) groups excluding carboxylic acids is 1. The zero-order chi connectivity index (χ0) is 14.4. The number of amides is 2. The number of rotatable bonds is 5. The Kier molecular flexibility index (Phi) is 5.29. The van der Waals surface area contributed by atoms with E-state index < -0.39 is 17.8 Å². The van der Waals surface area contributed by atoms with Crippen molar-refractivity contribution in [1.29, 1.82) is 0 Å². The highest BCUT2D eigenvalue weighted by Crippen LogP contribution is 2.14. The van der Waals surface area contributed by atoms with Gasteiger partial charge < -0.3 is 15.3 Å². The predicted molar refractivity (Wildman–Crippen MR) is 69.7 cm³/mol. The molecule has 0 bridgehead atoms. The van der Waals surface area contributed by atoms with Gasteiger partial charge in [-0.05, 0) is 31.0 Å². The van der Waals surface area contributed by atoms with E-state index in [0.717, 1.165) is 0 Å². The highest BCUT2D eigenvalue weighted by atomic mass is 19.1. The van der Waals surface area contributed by atoms with Gasteiger partial charge in [0.05, 0.1) is 0 Å². The van der Waals surface area contributed by atoms with Gasteiger partial charge in [0, 0.05) is 12.2 Å². The zero-order valence-electron chi connectivity index (χ0n) is 10.9. The molecule has 0 heterocycles. The lowest BCUT2D eigenvalue weighted by atomic mass is 10.2. The molecule has 0 saturated heterocycles. The van der Waals surface area contributed by atoms with E-state index in [1.54, 1.807) is 19.1 Å². The number of halogens is 1. The number of hydrogen-bond donors (Lipinski definition) is 2. The summed E-state index contributed by atoms with van der Waals surface area (Å²) in [5.41, 5.74) is 0.786. The summed E-state index contributed by atoms with van der Waals surface area (Å²) in [6.07, 6.45) is 0.642. The Bertz CT molecular complexity index is 477. The number of anilines is 1. The second-order valence-corrected chi connectivity index (χ2v) is 4.21. The van der Waals surface area contributed by atoms with Crippen molar-refractivity contribution in [2.75, 3.05) is 18.4 Å². The van der Waals surface area contributed by atoms with Crippen LogP contribution in [0.25, 0.3) is 0 Å². The quantitative estimate of drug-likeness (QED) is 0.861. The Morgan fingerprint density at radius 1 is 1.42 bits per heavy atom. The lowest BCUT2D eigenvalue weighted by molar-refractivity contribution is -0.137. The summed E-state index contributed by atoms with van der Waals surface area (Å²) in [6.45, 7) is 3.41. The number of nitrogens with zero attached hydrogens (tertiary/aromatic N) is 1. The normalized spacial score (nSPS) is 10.1. The Labute approximate surface area is 111 Å². The maximum atomic E-state index is 13.3. The summed E-state index contributed by atoms with van der Waals surface area (Å²) in [5, 5.41) is 11.2. The lowest BCUT2D eigenvalue weighted by Gasteiger charge is -2.20. The average molecular weight is 268 g/mol. The number of carboxylic acids is 1. The van der Waals surface area contributed by atoms with E-state index in [2.05, 4.69) is 5.32 Å². The number of hydrogen-bond acceptors (Lipinski definition) is 2. The minimum Gasteiger partial charge on any atom is -0.480 e. The molecule has 5 nitrogen and oxygen atoms in total. The van der Waals surface area contributed by atoms with E-state index in [4.69, 9.17) is 5.11 Å². The molecule has 0 atom stereocenters. The maximum Gasteiger partial charge on any atom is 0.323 e. The van der Waals surface area contributed by atoms with Crippen LogP contribution in [0.1, 0.15) is 18.9 Å². The lowest BCUT2D eigenvalue weighted by Crippen LogP contribution is -2.39. The third-order valence-electron chi connectivity index (χ3n) is 2.53. The van der Waals surface area contributed by atoms with Gasteiger partial charge in [-0.1, -0.05) is 13.0 Å². The molecule has 0 aromatic heterocycles. The van der Waals surface area contributed by atoms with Gasteiger partial charge in [0.2, 0.25) is 0 Å². The number of aliphatic carboxylic acids is 1. The number of carboxylic acid groups (broad SMARTS) is 1. The molecule has 0 aliphatic rings. The topological polar surface area (TPSA) is 69.6 Å². The van der Waals surface area contributed by atoms with Gasteiger partial charge in [-0.3, -0.25) is 4.79 Å². The van der Waals surface area contributed by atoms with Crippen molar-refractivity contribution in [3.8, 4) is 0 Å². The Balaban J connectivity index is 2.74. The summed E-state index contributed by atoms with van der Waals surface area (Å²) < 4.78 is 13.3. The molecule has 0 aliphatic heterocycles. The van der Waals surface area contributed by atoms with E-state index >= 15 is 0 Å². The summed E-state index contributed by atoms with van der Waals surface area (Å²) in [4.78, 5) is 23.7. The molecule has 0 radical (unpaired) electrons. The molecule has 0 unspecified atom stereocenters. The first-order chi connectivity index (χ1) is 8.93. The molecule has 2 amide bonds. The molecule has 0 spiro atoms. The molecule has 104 valence electrons. The molecular weight excluding hydrogens is 251 g/mol. The van der Waals surface area contributed by atoms with Crippen LogP contribution in [0.4, 0.5) is 14.9 Å². The predicted octanol–water partition coefficient (Wildman–Crippen LogP) is 2.46. The van der Waals surface area contributed by atoms with Crippen LogP contribution in [-0.4, -0.2) is 35.1 Å². The minimum absolute atomic E-state index is 0.305. The van der Waals surface area contributed by atoms with Crippen LogP contribution in [0.2, 0.25) is 0 Å². The van der Waals surface area contributed by atoms with E-state index in [0.29, 0.717) is 24.2 Å². The Hall–Kier alpha value is -2.11. The standard InChI is InChI=1S/C13H17FN2O3/c1-3-6-16(8-12(17)18)13(19)15-10-5-4-9(2)11(14)7-10/h4-5,7H,3,6,8H2,1-2H3,(H,15,19)(H,17,18). The van der Waals surface area contributed by atoms with Crippen molar-refractivity contribution in [2.45, 2.75) is 20.3 Å². The van der Waals surface area contributed by atoms with Crippen molar-refractivity contribution >= 4 is 17.7 Å². The third kappa shape index (κ3) is 4.57. The van der Waals surface area contributed by atoms with Crippen LogP contribution < -0.4 is 5.32 Å². The number of carbonyl (C=O) groups is 2. The first kappa shape index (κ1) is 14.9. The fourth-order valence-corrected chi connectivity index (χ4v) is 1.56. The highest BCUT2D eigenvalue weighted by molar-refractivity contribution is 5.91. The van der Waals surface area contributed by atoms with E-state index in [9.17, 15) is 14.0 Å². The van der Waals surface area contributed by atoms with Crippen molar-refractivity contribution in [2.24, 2.45) is 0 Å². The van der Waals surface area contributed by atoms with Crippen LogP contribution >= 0.6 is 0 Å². The monoisotopic (exact) mass is 268 g/mol. The molecule has 0 aliphatic carbocycles. The molecule has 0 saturated carbocycles. The highest BCUT2D eigenvalue weighted by Gasteiger charge is 2.16. The SMILES string of the molecule is CCCN(CC(=O)O)C(=O)Nc1ccc(C)c(F)c1. The summed E-state index contributed by atoms with van der Waals surface area (Å²) in [7, 11) is 0. The van der Waals surface area contributed by atoms with Gasteiger partial charge >= 0.3 is 12.0 Å². The molecular formula is C13H17FN2O3. The molecule has 19 heavy (non-hydrogen) atoms. The van der Waals surface area contributed by atoms with Crippen LogP contribution in [0.5, 0.6) is 0 Å². The molecule has 1 aromatic rings. The second-order valence-electron chi connectivity index (χ2n) is 4.21. The average Bonchev–Trinajstić information content (AvgIpc) is 2.33. The van der Waals surface area contributed by atoms with Crippen molar-refractivity contribution in [3.05, 3.63) is 29.6 Å². The molecule has 2 N–H and O–H groups in total. The summed E-state index contributed by atoms with van der Waals surface area (Å²) in [6, 6.07) is 3.78. The van der Waals surface area contributed by atoms with Gasteiger partial charge in [0.25, 0.3) is 0 Å². The first-order valence-electron chi connectivity index (χ1n) is 5.98.